The van der Waals surface area contributed by atoms with Crippen LogP contribution in [-0.4, -0.2) is 36.7 Å². The van der Waals surface area contributed by atoms with E-state index in [1.54, 1.807) is 25.1 Å². The fourth-order valence-electron chi connectivity index (χ4n) is 1.58. The third-order valence-electron chi connectivity index (χ3n) is 2.61. The summed E-state index contributed by atoms with van der Waals surface area (Å²) in [6.45, 7) is 4.63. The molecule has 0 bridgehead atoms. The van der Waals surface area contributed by atoms with Gasteiger partial charge in [0.25, 0.3) is 0 Å². The van der Waals surface area contributed by atoms with Gasteiger partial charge >= 0.3 is 11.9 Å². The number of hydrogen-bond donors (Lipinski definition) is 1. The number of ether oxygens (including phenoxy) is 2. The van der Waals surface area contributed by atoms with E-state index in [0.717, 1.165) is 12.8 Å². The predicted octanol–water partition coefficient (Wildman–Crippen LogP) is 1.94. The summed E-state index contributed by atoms with van der Waals surface area (Å²) in [6, 6.07) is 5.24. The molecule has 1 aromatic heterocycles. The highest BCUT2D eigenvalue weighted by Gasteiger charge is 2.07. The minimum Gasteiger partial charge on any atom is -0.466 e. The molecule has 6 nitrogen and oxygen atoms in total. The number of nitrogens with one attached hydrogen (secondary N) is 1. The first kappa shape index (κ1) is 16.9. The van der Waals surface area contributed by atoms with Crippen LogP contribution in [0.25, 0.3) is 0 Å². The standard InChI is InChI=1S/C15H22N2O4/c1-3-5-9-21-15(19)11-16-13-8-6-7-12(17-13)10-14(18)20-4-2/h6-8H,3-5,9-11H2,1-2H3,(H,16,17). The van der Waals surface area contributed by atoms with E-state index >= 15 is 0 Å². The molecular weight excluding hydrogens is 272 g/mol. The zero-order chi connectivity index (χ0) is 15.5. The molecule has 1 aromatic rings. The highest BCUT2D eigenvalue weighted by atomic mass is 16.5. The van der Waals surface area contributed by atoms with Gasteiger partial charge < -0.3 is 14.8 Å². The molecule has 1 N–H and O–H groups in total. The minimum absolute atomic E-state index is 0.0551. The van der Waals surface area contributed by atoms with Gasteiger partial charge in [-0.25, -0.2) is 4.98 Å². The van der Waals surface area contributed by atoms with Crippen molar-refractivity contribution in [3.05, 3.63) is 23.9 Å². The molecule has 0 aromatic carbocycles. The lowest BCUT2D eigenvalue weighted by Gasteiger charge is -2.07. The molecule has 0 saturated heterocycles. The van der Waals surface area contributed by atoms with E-state index in [1.807, 2.05) is 6.92 Å². The first-order valence-corrected chi connectivity index (χ1v) is 7.16. The van der Waals surface area contributed by atoms with Gasteiger partial charge in [-0.3, -0.25) is 9.59 Å². The molecule has 0 aliphatic heterocycles. The van der Waals surface area contributed by atoms with Gasteiger partial charge in [0.2, 0.25) is 0 Å². The second-order valence-corrected chi connectivity index (χ2v) is 4.42. The SMILES string of the molecule is CCCCOC(=O)CNc1cccc(CC(=O)OCC)n1. The maximum Gasteiger partial charge on any atom is 0.325 e. The van der Waals surface area contributed by atoms with Crippen LogP contribution in [0.2, 0.25) is 0 Å². The molecule has 0 aliphatic carbocycles. The van der Waals surface area contributed by atoms with Gasteiger partial charge in [-0.1, -0.05) is 19.4 Å². The zero-order valence-corrected chi connectivity index (χ0v) is 12.6. The quantitative estimate of drug-likeness (QED) is 0.554. The Morgan fingerprint density at radius 2 is 2.00 bits per heavy atom. The maximum absolute atomic E-state index is 11.5. The molecule has 0 fully saturated rings. The van der Waals surface area contributed by atoms with Crippen LogP contribution in [-0.2, 0) is 25.5 Å². The van der Waals surface area contributed by atoms with E-state index in [1.165, 1.54) is 0 Å². The fraction of sp³-hybridized carbons (Fsp3) is 0.533. The molecule has 116 valence electrons. The lowest BCUT2D eigenvalue weighted by molar-refractivity contribution is -0.143. The number of hydrogen-bond acceptors (Lipinski definition) is 6. The van der Waals surface area contributed by atoms with E-state index in [-0.39, 0.29) is 24.9 Å². The van der Waals surface area contributed by atoms with Gasteiger partial charge in [0.05, 0.1) is 25.3 Å². The number of nitrogens with zero attached hydrogens (tertiary/aromatic N) is 1. The summed E-state index contributed by atoms with van der Waals surface area (Å²) in [6.07, 6.45) is 1.96. The summed E-state index contributed by atoms with van der Waals surface area (Å²) in [5.41, 5.74) is 0.595. The van der Waals surface area contributed by atoms with Crippen molar-refractivity contribution in [3.8, 4) is 0 Å². The Morgan fingerprint density at radius 3 is 2.71 bits per heavy atom. The van der Waals surface area contributed by atoms with Crippen LogP contribution in [0.1, 0.15) is 32.4 Å². The zero-order valence-electron chi connectivity index (χ0n) is 12.6. The summed E-state index contributed by atoms with van der Waals surface area (Å²) >= 11 is 0. The van der Waals surface area contributed by atoms with Crippen molar-refractivity contribution < 1.29 is 19.1 Å². The Kier molecular flexibility index (Phi) is 7.86. The number of pyridine rings is 1. The van der Waals surface area contributed by atoms with Crippen molar-refractivity contribution >= 4 is 17.8 Å². The van der Waals surface area contributed by atoms with E-state index in [9.17, 15) is 9.59 Å². The van der Waals surface area contributed by atoms with Gasteiger partial charge in [0.1, 0.15) is 12.4 Å². The van der Waals surface area contributed by atoms with E-state index < -0.39 is 0 Å². The molecule has 0 aliphatic rings. The van der Waals surface area contributed by atoms with Crippen LogP contribution >= 0.6 is 0 Å². The molecule has 0 saturated carbocycles. The number of esters is 2. The maximum atomic E-state index is 11.5. The number of rotatable bonds is 9. The summed E-state index contributed by atoms with van der Waals surface area (Å²) in [5, 5.41) is 2.88. The van der Waals surface area contributed by atoms with Gasteiger partial charge in [0.15, 0.2) is 0 Å². The summed E-state index contributed by atoms with van der Waals surface area (Å²) < 4.78 is 9.89. The molecule has 6 heteroatoms. The molecule has 0 radical (unpaired) electrons. The summed E-state index contributed by atoms with van der Waals surface area (Å²) in [4.78, 5) is 27.1. The van der Waals surface area contributed by atoms with Crippen molar-refractivity contribution in [3.63, 3.8) is 0 Å². The average Bonchev–Trinajstić information content (AvgIpc) is 2.46. The molecule has 0 amide bonds. The van der Waals surface area contributed by atoms with Crippen molar-refractivity contribution in [2.45, 2.75) is 33.1 Å². The van der Waals surface area contributed by atoms with Gasteiger partial charge in [0, 0.05) is 0 Å². The molecule has 0 spiro atoms. The smallest absolute Gasteiger partial charge is 0.325 e. The van der Waals surface area contributed by atoms with Crippen LogP contribution in [0, 0.1) is 0 Å². The Hall–Kier alpha value is -2.11. The first-order valence-electron chi connectivity index (χ1n) is 7.16. The van der Waals surface area contributed by atoms with E-state index in [0.29, 0.717) is 24.7 Å². The molecule has 21 heavy (non-hydrogen) atoms. The highest BCUT2D eigenvalue weighted by molar-refractivity contribution is 5.74. The minimum atomic E-state index is -0.318. The molecule has 0 unspecified atom stereocenters. The number of carbonyl (C=O) groups excluding carboxylic acids is 2. The second kappa shape index (κ2) is 9.74. The summed E-state index contributed by atoms with van der Waals surface area (Å²) in [5.74, 6) is -0.105. The number of carbonyl (C=O) groups is 2. The molecular formula is C15H22N2O4. The number of aromatic nitrogens is 1. The fourth-order valence-corrected chi connectivity index (χ4v) is 1.58. The topological polar surface area (TPSA) is 77.5 Å². The molecule has 1 heterocycles. The third-order valence-corrected chi connectivity index (χ3v) is 2.61. The van der Waals surface area contributed by atoms with Crippen LogP contribution in [0.4, 0.5) is 5.82 Å². The van der Waals surface area contributed by atoms with Crippen molar-refractivity contribution in [2.75, 3.05) is 25.1 Å². The van der Waals surface area contributed by atoms with E-state index in [4.69, 9.17) is 9.47 Å². The normalized spacial score (nSPS) is 10.0. The number of unbranched alkanes of at least 4 members (excludes halogenated alkanes) is 1. The van der Waals surface area contributed by atoms with Crippen LogP contribution in [0.3, 0.4) is 0 Å². The lowest BCUT2D eigenvalue weighted by atomic mass is 10.2. The third kappa shape index (κ3) is 7.29. The van der Waals surface area contributed by atoms with Crippen LogP contribution < -0.4 is 5.32 Å². The van der Waals surface area contributed by atoms with Gasteiger partial charge in [-0.2, -0.15) is 0 Å². The Morgan fingerprint density at radius 1 is 1.19 bits per heavy atom. The Bertz CT molecular complexity index is 463. The second-order valence-electron chi connectivity index (χ2n) is 4.42. The largest absolute Gasteiger partial charge is 0.466 e. The Balaban J connectivity index is 2.41. The number of anilines is 1. The molecule has 1 rings (SSSR count). The van der Waals surface area contributed by atoms with Gasteiger partial charge in [-0.05, 0) is 25.5 Å². The lowest BCUT2D eigenvalue weighted by Crippen LogP contribution is -2.18. The van der Waals surface area contributed by atoms with Crippen molar-refractivity contribution in [2.24, 2.45) is 0 Å². The van der Waals surface area contributed by atoms with Crippen LogP contribution in [0.5, 0.6) is 0 Å². The average molecular weight is 294 g/mol. The van der Waals surface area contributed by atoms with E-state index in [2.05, 4.69) is 10.3 Å². The monoisotopic (exact) mass is 294 g/mol. The molecule has 0 atom stereocenters. The first-order chi connectivity index (χ1) is 10.2. The van der Waals surface area contributed by atoms with Crippen molar-refractivity contribution in [1.82, 2.24) is 4.98 Å². The van der Waals surface area contributed by atoms with Gasteiger partial charge in [-0.15, -0.1) is 0 Å². The Labute approximate surface area is 124 Å². The highest BCUT2D eigenvalue weighted by Crippen LogP contribution is 2.06. The summed E-state index contributed by atoms with van der Waals surface area (Å²) in [7, 11) is 0. The predicted molar refractivity (Wildman–Crippen MR) is 78.9 cm³/mol. The van der Waals surface area contributed by atoms with Crippen LogP contribution in [0.15, 0.2) is 18.2 Å². The van der Waals surface area contributed by atoms with Crippen molar-refractivity contribution in [1.29, 1.82) is 0 Å².